The van der Waals surface area contributed by atoms with Gasteiger partial charge in [-0.25, -0.2) is 9.97 Å². The number of hydrogen-bond acceptors (Lipinski definition) is 5. The Bertz CT molecular complexity index is 592. The summed E-state index contributed by atoms with van der Waals surface area (Å²) in [7, 11) is 0. The number of nitrogens with zero attached hydrogens (tertiary/aromatic N) is 4. The minimum atomic E-state index is -0.00718. The Morgan fingerprint density at radius 3 is 3.10 bits per heavy atom. The number of ether oxygens (including phenoxy) is 1. The number of amides is 1. The smallest absolute Gasteiger partial charge is 0.225 e. The van der Waals surface area contributed by atoms with Gasteiger partial charge in [0, 0.05) is 44.5 Å². The van der Waals surface area contributed by atoms with Gasteiger partial charge in [-0.15, -0.1) is 0 Å². The highest BCUT2D eigenvalue weighted by Gasteiger charge is 2.22. The van der Waals surface area contributed by atoms with Crippen LogP contribution in [-0.2, 0) is 16.1 Å². The second kappa shape index (κ2) is 6.45. The highest BCUT2D eigenvalue weighted by Crippen LogP contribution is 2.13. The van der Waals surface area contributed by atoms with Gasteiger partial charge in [0.15, 0.2) is 5.82 Å². The maximum atomic E-state index is 11.9. The molecular formula is C14H17N5O2. The summed E-state index contributed by atoms with van der Waals surface area (Å²) in [5.74, 6) is 0.808. The molecule has 0 bridgehead atoms. The number of aromatic nitrogens is 4. The average Bonchev–Trinajstić information content (AvgIpc) is 3.20. The van der Waals surface area contributed by atoms with Crippen molar-refractivity contribution in [3.63, 3.8) is 0 Å². The average molecular weight is 287 g/mol. The van der Waals surface area contributed by atoms with E-state index in [9.17, 15) is 4.79 Å². The topological polar surface area (TPSA) is 81.9 Å². The van der Waals surface area contributed by atoms with Crippen molar-refractivity contribution in [2.75, 3.05) is 19.8 Å². The number of rotatable bonds is 5. The normalized spacial score (nSPS) is 17.8. The van der Waals surface area contributed by atoms with Crippen LogP contribution in [0, 0.1) is 5.92 Å². The molecule has 110 valence electrons. The van der Waals surface area contributed by atoms with E-state index >= 15 is 0 Å². The predicted molar refractivity (Wildman–Crippen MR) is 75.2 cm³/mol. The van der Waals surface area contributed by atoms with Gasteiger partial charge in [-0.2, -0.15) is 0 Å². The number of nitrogens with one attached hydrogen (secondary N) is 1. The summed E-state index contributed by atoms with van der Waals surface area (Å²) in [4.78, 5) is 24.5. The van der Waals surface area contributed by atoms with Crippen LogP contribution in [0.2, 0.25) is 0 Å². The SMILES string of the molecule is O=C(NCCn1ccnc1-c1cnccn1)C1CCOC1. The van der Waals surface area contributed by atoms with Crippen molar-refractivity contribution in [2.45, 2.75) is 13.0 Å². The van der Waals surface area contributed by atoms with Crippen LogP contribution in [0.1, 0.15) is 6.42 Å². The van der Waals surface area contributed by atoms with Crippen LogP contribution in [0.25, 0.3) is 11.5 Å². The molecule has 0 saturated carbocycles. The van der Waals surface area contributed by atoms with Crippen molar-refractivity contribution in [1.29, 1.82) is 0 Å². The summed E-state index contributed by atoms with van der Waals surface area (Å²) in [5, 5.41) is 2.94. The van der Waals surface area contributed by atoms with Crippen molar-refractivity contribution in [3.05, 3.63) is 31.0 Å². The van der Waals surface area contributed by atoms with Crippen LogP contribution >= 0.6 is 0 Å². The van der Waals surface area contributed by atoms with E-state index in [-0.39, 0.29) is 11.8 Å². The second-order valence-electron chi connectivity index (χ2n) is 4.89. The first-order chi connectivity index (χ1) is 10.3. The molecule has 0 aliphatic carbocycles. The minimum Gasteiger partial charge on any atom is -0.381 e. The molecule has 0 spiro atoms. The first-order valence-electron chi connectivity index (χ1n) is 6.97. The van der Waals surface area contributed by atoms with Gasteiger partial charge < -0.3 is 14.6 Å². The first kappa shape index (κ1) is 13.7. The number of carbonyl (C=O) groups is 1. The Morgan fingerprint density at radius 1 is 1.38 bits per heavy atom. The van der Waals surface area contributed by atoms with E-state index in [1.807, 2.05) is 10.8 Å². The minimum absolute atomic E-state index is 0.00718. The van der Waals surface area contributed by atoms with E-state index < -0.39 is 0 Å². The van der Waals surface area contributed by atoms with Crippen molar-refractivity contribution in [2.24, 2.45) is 5.92 Å². The molecule has 1 N–H and O–H groups in total. The zero-order valence-corrected chi connectivity index (χ0v) is 11.6. The fraction of sp³-hybridized carbons (Fsp3) is 0.429. The molecule has 2 aromatic heterocycles. The van der Waals surface area contributed by atoms with Crippen molar-refractivity contribution >= 4 is 5.91 Å². The Hall–Kier alpha value is -2.28. The van der Waals surface area contributed by atoms with E-state index in [2.05, 4.69) is 20.3 Å². The summed E-state index contributed by atoms with van der Waals surface area (Å²) in [5.41, 5.74) is 0.720. The Morgan fingerprint density at radius 2 is 2.33 bits per heavy atom. The third kappa shape index (κ3) is 3.25. The molecule has 21 heavy (non-hydrogen) atoms. The molecule has 1 aliphatic rings. The predicted octanol–water partition coefficient (Wildman–Crippen LogP) is 0.493. The molecule has 2 aromatic rings. The lowest BCUT2D eigenvalue weighted by Crippen LogP contribution is -2.33. The first-order valence-corrected chi connectivity index (χ1v) is 6.97. The van der Waals surface area contributed by atoms with Gasteiger partial charge in [0.1, 0.15) is 5.69 Å². The van der Waals surface area contributed by atoms with Gasteiger partial charge in [0.2, 0.25) is 5.91 Å². The fourth-order valence-electron chi connectivity index (χ4n) is 2.32. The summed E-state index contributed by atoms with van der Waals surface area (Å²) in [6.07, 6.45) is 9.33. The molecule has 0 radical (unpaired) electrons. The van der Waals surface area contributed by atoms with Crippen molar-refractivity contribution < 1.29 is 9.53 Å². The van der Waals surface area contributed by atoms with Crippen molar-refractivity contribution in [3.8, 4) is 11.5 Å². The van der Waals surface area contributed by atoms with Crippen LogP contribution < -0.4 is 5.32 Å². The van der Waals surface area contributed by atoms with E-state index in [0.29, 0.717) is 26.3 Å². The summed E-state index contributed by atoms with van der Waals surface area (Å²) >= 11 is 0. The maximum absolute atomic E-state index is 11.9. The van der Waals surface area contributed by atoms with Gasteiger partial charge in [-0.3, -0.25) is 9.78 Å². The number of imidazole rings is 1. The maximum Gasteiger partial charge on any atom is 0.225 e. The van der Waals surface area contributed by atoms with E-state index in [4.69, 9.17) is 4.74 Å². The van der Waals surface area contributed by atoms with Gasteiger partial charge in [-0.05, 0) is 6.42 Å². The molecule has 7 heteroatoms. The van der Waals surface area contributed by atoms with Crippen LogP contribution in [0.4, 0.5) is 0 Å². The summed E-state index contributed by atoms with van der Waals surface area (Å²) in [6.45, 7) is 2.41. The lowest BCUT2D eigenvalue weighted by molar-refractivity contribution is -0.124. The standard InChI is InChI=1S/C14H17N5O2/c20-14(11-1-8-21-10-11)18-5-7-19-6-4-17-13(19)12-9-15-2-3-16-12/h2-4,6,9,11H,1,5,7-8,10H2,(H,18,20). The highest BCUT2D eigenvalue weighted by atomic mass is 16.5. The third-order valence-electron chi connectivity index (χ3n) is 3.46. The molecule has 3 rings (SSSR count). The highest BCUT2D eigenvalue weighted by molar-refractivity contribution is 5.78. The van der Waals surface area contributed by atoms with E-state index in [1.54, 1.807) is 24.8 Å². The quantitative estimate of drug-likeness (QED) is 0.865. The van der Waals surface area contributed by atoms with Crippen LogP contribution in [0.5, 0.6) is 0 Å². The van der Waals surface area contributed by atoms with Crippen LogP contribution in [0.15, 0.2) is 31.0 Å². The van der Waals surface area contributed by atoms with Gasteiger partial charge >= 0.3 is 0 Å². The molecule has 3 heterocycles. The Labute approximate surface area is 122 Å². The number of carbonyl (C=O) groups excluding carboxylic acids is 1. The van der Waals surface area contributed by atoms with Crippen molar-refractivity contribution in [1.82, 2.24) is 24.8 Å². The molecule has 1 atom stereocenters. The monoisotopic (exact) mass is 287 g/mol. The second-order valence-corrected chi connectivity index (χ2v) is 4.89. The number of hydrogen-bond donors (Lipinski definition) is 1. The van der Waals surface area contributed by atoms with Gasteiger partial charge in [-0.1, -0.05) is 0 Å². The molecule has 7 nitrogen and oxygen atoms in total. The summed E-state index contributed by atoms with van der Waals surface area (Å²) < 4.78 is 7.17. The zero-order chi connectivity index (χ0) is 14.5. The lowest BCUT2D eigenvalue weighted by atomic mass is 10.1. The molecular weight excluding hydrogens is 270 g/mol. The largest absolute Gasteiger partial charge is 0.381 e. The van der Waals surface area contributed by atoms with Gasteiger partial charge in [0.25, 0.3) is 0 Å². The molecule has 0 aromatic carbocycles. The molecule has 1 unspecified atom stereocenters. The molecule has 1 aliphatic heterocycles. The van der Waals surface area contributed by atoms with E-state index in [1.165, 1.54) is 0 Å². The Balaban J connectivity index is 1.56. The zero-order valence-electron chi connectivity index (χ0n) is 11.6. The van der Waals surface area contributed by atoms with Gasteiger partial charge in [0.05, 0.1) is 18.7 Å². The third-order valence-corrected chi connectivity index (χ3v) is 3.46. The summed E-state index contributed by atoms with van der Waals surface area (Å²) in [6, 6.07) is 0. The molecule has 1 amide bonds. The molecule has 1 saturated heterocycles. The van der Waals surface area contributed by atoms with Crippen LogP contribution in [-0.4, -0.2) is 45.2 Å². The lowest BCUT2D eigenvalue weighted by Gasteiger charge is -2.11. The Kier molecular flexibility index (Phi) is 4.20. The fourth-order valence-corrected chi connectivity index (χ4v) is 2.32. The van der Waals surface area contributed by atoms with Crippen LogP contribution in [0.3, 0.4) is 0 Å². The van der Waals surface area contributed by atoms with E-state index in [0.717, 1.165) is 17.9 Å². The molecule has 1 fully saturated rings.